The van der Waals surface area contributed by atoms with Crippen LogP contribution in [0, 0.1) is 0 Å². The number of benzene rings is 2. The topological polar surface area (TPSA) is 21.7 Å². The van der Waals surface area contributed by atoms with E-state index in [0.29, 0.717) is 0 Å². The van der Waals surface area contributed by atoms with Gasteiger partial charge in [0.2, 0.25) is 0 Å². The minimum Gasteiger partial charge on any atom is -0.457 e. The summed E-state index contributed by atoms with van der Waals surface area (Å²) in [6.45, 7) is 5.82. The van der Waals surface area contributed by atoms with Crippen molar-refractivity contribution >= 4 is 17.2 Å². The zero-order valence-electron chi connectivity index (χ0n) is 13.4. The molecule has 3 rings (SSSR count). The maximum atomic E-state index is 5.90. The van der Waals surface area contributed by atoms with E-state index in [9.17, 15) is 0 Å². The predicted octanol–water partition coefficient (Wildman–Crippen LogP) is 4.26. The van der Waals surface area contributed by atoms with Gasteiger partial charge in [-0.2, -0.15) is 0 Å². The van der Waals surface area contributed by atoms with Gasteiger partial charge in [-0.15, -0.1) is 0 Å². The monoisotopic (exact) mass is 327 g/mol. The minimum atomic E-state index is 0.195. The van der Waals surface area contributed by atoms with Crippen molar-refractivity contribution in [3.05, 3.63) is 60.2 Å². The first-order valence-electron chi connectivity index (χ1n) is 7.89. The number of rotatable bonds is 3. The SMILES string of the molecule is C[C@H]1CN(C(=S)c2cccc(Oc3ccccc3)c2)C[C@H](C)O1. The van der Waals surface area contributed by atoms with E-state index in [1.807, 2.05) is 54.6 Å². The second-order valence-electron chi connectivity index (χ2n) is 5.91. The van der Waals surface area contributed by atoms with Crippen LogP contribution in [-0.4, -0.2) is 35.2 Å². The summed E-state index contributed by atoms with van der Waals surface area (Å²) < 4.78 is 11.7. The molecule has 1 aliphatic rings. The maximum Gasteiger partial charge on any atom is 0.128 e. The zero-order chi connectivity index (χ0) is 16.2. The second-order valence-corrected chi connectivity index (χ2v) is 6.30. The van der Waals surface area contributed by atoms with Gasteiger partial charge in [0.25, 0.3) is 0 Å². The Kier molecular flexibility index (Phi) is 4.94. The highest BCUT2D eigenvalue weighted by molar-refractivity contribution is 7.80. The standard InChI is InChI=1S/C19H21NO2S/c1-14-12-20(13-15(2)21-14)19(23)16-7-6-10-18(11-16)22-17-8-4-3-5-9-17/h3-11,14-15H,12-13H2,1-2H3/t14-,15-/m0/s1. The largest absolute Gasteiger partial charge is 0.457 e. The molecule has 0 saturated carbocycles. The Morgan fingerprint density at radius 2 is 1.65 bits per heavy atom. The van der Waals surface area contributed by atoms with Gasteiger partial charge >= 0.3 is 0 Å². The third-order valence-electron chi connectivity index (χ3n) is 3.77. The Bertz CT molecular complexity index is 664. The maximum absolute atomic E-state index is 5.90. The Balaban J connectivity index is 1.75. The Labute approximate surface area is 142 Å². The number of para-hydroxylation sites is 1. The molecule has 23 heavy (non-hydrogen) atoms. The average molecular weight is 327 g/mol. The van der Waals surface area contributed by atoms with Crippen LogP contribution in [-0.2, 0) is 4.74 Å². The molecule has 2 aromatic rings. The van der Waals surface area contributed by atoms with Crippen LogP contribution >= 0.6 is 12.2 Å². The lowest BCUT2D eigenvalue weighted by atomic mass is 10.1. The molecule has 2 aromatic carbocycles. The van der Waals surface area contributed by atoms with Gasteiger partial charge in [0, 0.05) is 18.7 Å². The molecule has 0 spiro atoms. The van der Waals surface area contributed by atoms with E-state index in [4.69, 9.17) is 21.7 Å². The van der Waals surface area contributed by atoms with Crippen LogP contribution in [0.25, 0.3) is 0 Å². The van der Waals surface area contributed by atoms with E-state index in [2.05, 4.69) is 18.7 Å². The Morgan fingerprint density at radius 3 is 2.35 bits per heavy atom. The highest BCUT2D eigenvalue weighted by atomic mass is 32.1. The smallest absolute Gasteiger partial charge is 0.128 e. The van der Waals surface area contributed by atoms with Gasteiger partial charge in [0.05, 0.1) is 12.2 Å². The molecule has 0 aliphatic carbocycles. The van der Waals surface area contributed by atoms with E-state index in [1.165, 1.54) is 0 Å². The first-order chi connectivity index (χ1) is 11.1. The van der Waals surface area contributed by atoms with E-state index in [0.717, 1.165) is 35.1 Å². The first-order valence-corrected chi connectivity index (χ1v) is 8.30. The second kappa shape index (κ2) is 7.11. The van der Waals surface area contributed by atoms with Gasteiger partial charge in [-0.25, -0.2) is 0 Å². The van der Waals surface area contributed by atoms with E-state index in [-0.39, 0.29) is 12.2 Å². The highest BCUT2D eigenvalue weighted by Crippen LogP contribution is 2.23. The van der Waals surface area contributed by atoms with Gasteiger partial charge < -0.3 is 14.4 Å². The molecule has 3 nitrogen and oxygen atoms in total. The highest BCUT2D eigenvalue weighted by Gasteiger charge is 2.24. The van der Waals surface area contributed by atoms with Gasteiger partial charge in [-0.3, -0.25) is 0 Å². The summed E-state index contributed by atoms with van der Waals surface area (Å²) in [5.41, 5.74) is 1.01. The number of ether oxygens (including phenoxy) is 2. The zero-order valence-corrected chi connectivity index (χ0v) is 14.3. The fourth-order valence-corrected chi connectivity index (χ4v) is 3.12. The molecule has 1 aliphatic heterocycles. The minimum absolute atomic E-state index is 0.195. The molecule has 2 atom stereocenters. The molecule has 1 saturated heterocycles. The predicted molar refractivity (Wildman–Crippen MR) is 96.2 cm³/mol. The average Bonchev–Trinajstić information content (AvgIpc) is 2.54. The van der Waals surface area contributed by atoms with Gasteiger partial charge in [-0.05, 0) is 38.1 Å². The summed E-state index contributed by atoms with van der Waals surface area (Å²) in [6.07, 6.45) is 0.390. The fraction of sp³-hybridized carbons (Fsp3) is 0.316. The Hall–Kier alpha value is -1.91. The lowest BCUT2D eigenvalue weighted by molar-refractivity contribution is -0.0472. The van der Waals surface area contributed by atoms with Crippen LogP contribution in [0.1, 0.15) is 19.4 Å². The van der Waals surface area contributed by atoms with Gasteiger partial charge in [0.1, 0.15) is 16.5 Å². The van der Waals surface area contributed by atoms with Gasteiger partial charge in [0.15, 0.2) is 0 Å². The van der Waals surface area contributed by atoms with Crippen LogP contribution in [0.5, 0.6) is 11.5 Å². The molecule has 0 aromatic heterocycles. The fourth-order valence-electron chi connectivity index (χ4n) is 2.84. The first kappa shape index (κ1) is 16.0. The van der Waals surface area contributed by atoms with Crippen molar-refractivity contribution in [3.63, 3.8) is 0 Å². The Morgan fingerprint density at radius 1 is 1.00 bits per heavy atom. The van der Waals surface area contributed by atoms with E-state index < -0.39 is 0 Å². The molecule has 120 valence electrons. The quantitative estimate of drug-likeness (QED) is 0.785. The summed E-state index contributed by atoms with van der Waals surface area (Å²) in [4.78, 5) is 3.07. The molecule has 1 heterocycles. The molecule has 0 unspecified atom stereocenters. The molecule has 4 heteroatoms. The van der Waals surface area contributed by atoms with Crippen molar-refractivity contribution in [2.45, 2.75) is 26.1 Å². The van der Waals surface area contributed by atoms with Crippen molar-refractivity contribution in [2.24, 2.45) is 0 Å². The van der Waals surface area contributed by atoms with Crippen molar-refractivity contribution in [1.82, 2.24) is 4.90 Å². The summed E-state index contributed by atoms with van der Waals surface area (Å²) in [7, 11) is 0. The summed E-state index contributed by atoms with van der Waals surface area (Å²) in [5.74, 6) is 1.62. The molecule has 0 radical (unpaired) electrons. The lowest BCUT2D eigenvalue weighted by Gasteiger charge is -2.37. The van der Waals surface area contributed by atoms with Crippen LogP contribution < -0.4 is 4.74 Å². The summed E-state index contributed by atoms with van der Waals surface area (Å²) >= 11 is 5.69. The van der Waals surface area contributed by atoms with Crippen LogP contribution in [0.2, 0.25) is 0 Å². The molecule has 0 bridgehead atoms. The molecular formula is C19H21NO2S. The van der Waals surface area contributed by atoms with Gasteiger partial charge in [-0.1, -0.05) is 42.5 Å². The van der Waals surface area contributed by atoms with Crippen molar-refractivity contribution in [1.29, 1.82) is 0 Å². The molecule has 0 N–H and O–H groups in total. The number of hydrogen-bond acceptors (Lipinski definition) is 3. The van der Waals surface area contributed by atoms with Crippen molar-refractivity contribution in [3.8, 4) is 11.5 Å². The molecular weight excluding hydrogens is 306 g/mol. The van der Waals surface area contributed by atoms with Crippen LogP contribution in [0.3, 0.4) is 0 Å². The van der Waals surface area contributed by atoms with Crippen molar-refractivity contribution in [2.75, 3.05) is 13.1 Å². The summed E-state index contributed by atoms with van der Waals surface area (Å²) in [5, 5.41) is 0. The van der Waals surface area contributed by atoms with Crippen molar-refractivity contribution < 1.29 is 9.47 Å². The molecule has 0 amide bonds. The van der Waals surface area contributed by atoms with Crippen LogP contribution in [0.15, 0.2) is 54.6 Å². The third kappa shape index (κ3) is 4.09. The van der Waals surface area contributed by atoms with Crippen LogP contribution in [0.4, 0.5) is 0 Å². The third-order valence-corrected chi connectivity index (χ3v) is 4.26. The number of hydrogen-bond donors (Lipinski definition) is 0. The number of thiocarbonyl (C=S) groups is 1. The van der Waals surface area contributed by atoms with E-state index in [1.54, 1.807) is 0 Å². The summed E-state index contributed by atoms with van der Waals surface area (Å²) in [6, 6.07) is 17.7. The number of nitrogens with zero attached hydrogens (tertiary/aromatic N) is 1. The number of morpholine rings is 1. The van der Waals surface area contributed by atoms with E-state index >= 15 is 0 Å². The normalized spacial score (nSPS) is 21.0. The molecule has 1 fully saturated rings. The lowest BCUT2D eigenvalue weighted by Crippen LogP contribution is -2.47.